The molecular weight excluding hydrogens is 276 g/mol. The molecule has 0 radical (unpaired) electrons. The smallest absolute Gasteiger partial charge is 0.253 e. The molecule has 1 heterocycles. The summed E-state index contributed by atoms with van der Waals surface area (Å²) in [6, 6.07) is 8.22. The van der Waals surface area contributed by atoms with Crippen molar-refractivity contribution in [1.82, 2.24) is 10.2 Å². The van der Waals surface area contributed by atoms with Gasteiger partial charge in [-0.1, -0.05) is 19.1 Å². The van der Waals surface area contributed by atoms with Crippen LogP contribution >= 0.6 is 0 Å². The number of rotatable bonds is 5. The summed E-state index contributed by atoms with van der Waals surface area (Å²) in [6.07, 6.45) is 2.51. The summed E-state index contributed by atoms with van der Waals surface area (Å²) in [5.74, 6) is 0.116. The summed E-state index contributed by atoms with van der Waals surface area (Å²) in [4.78, 5) is 14.6. The molecule has 1 aliphatic rings. The van der Waals surface area contributed by atoms with Crippen molar-refractivity contribution in [1.29, 1.82) is 0 Å². The fourth-order valence-electron chi connectivity index (χ4n) is 2.78. The number of aliphatic hydroxyl groups is 1. The highest BCUT2D eigenvalue weighted by atomic mass is 16.3. The van der Waals surface area contributed by atoms with Gasteiger partial charge in [-0.15, -0.1) is 0 Å². The molecule has 2 N–H and O–H groups in total. The van der Waals surface area contributed by atoms with E-state index in [0.717, 1.165) is 43.6 Å². The van der Waals surface area contributed by atoms with Crippen molar-refractivity contribution >= 4 is 5.91 Å². The third kappa shape index (κ3) is 4.82. The van der Waals surface area contributed by atoms with Crippen molar-refractivity contribution in [3.8, 4) is 0 Å². The first kappa shape index (κ1) is 17.0. The maximum Gasteiger partial charge on any atom is 0.253 e. The molecule has 2 rings (SSSR count). The van der Waals surface area contributed by atoms with E-state index in [1.165, 1.54) is 0 Å². The summed E-state index contributed by atoms with van der Waals surface area (Å²) in [6.45, 7) is 8.18. The first-order chi connectivity index (χ1) is 10.4. The van der Waals surface area contributed by atoms with Gasteiger partial charge in [-0.05, 0) is 50.8 Å². The third-order valence-corrected chi connectivity index (χ3v) is 4.23. The van der Waals surface area contributed by atoms with Crippen LogP contribution in [0.1, 0.15) is 49.5 Å². The average Bonchev–Trinajstić information content (AvgIpc) is 2.52. The van der Waals surface area contributed by atoms with Crippen LogP contribution in [0.4, 0.5) is 0 Å². The van der Waals surface area contributed by atoms with Crippen molar-refractivity contribution in [2.45, 2.75) is 51.7 Å². The molecule has 0 unspecified atom stereocenters. The zero-order valence-electron chi connectivity index (χ0n) is 13.9. The van der Waals surface area contributed by atoms with Gasteiger partial charge in [0.05, 0.1) is 5.60 Å². The van der Waals surface area contributed by atoms with Gasteiger partial charge in [0.15, 0.2) is 0 Å². The molecule has 1 fully saturated rings. The monoisotopic (exact) mass is 304 g/mol. The van der Waals surface area contributed by atoms with Crippen LogP contribution in [0, 0.1) is 0 Å². The molecule has 1 aromatic rings. The Bertz CT molecular complexity index is 508. The Kier molecular flexibility index (Phi) is 5.59. The minimum absolute atomic E-state index is 0.116. The van der Waals surface area contributed by atoms with Gasteiger partial charge in [-0.25, -0.2) is 0 Å². The predicted octanol–water partition coefficient (Wildman–Crippen LogP) is 2.21. The van der Waals surface area contributed by atoms with E-state index >= 15 is 0 Å². The predicted molar refractivity (Wildman–Crippen MR) is 89.0 cm³/mol. The number of hydrogen-bond donors (Lipinski definition) is 2. The Labute approximate surface area is 133 Å². The molecule has 0 saturated carbocycles. The molecule has 4 nitrogen and oxygen atoms in total. The molecule has 0 aromatic heterocycles. The van der Waals surface area contributed by atoms with Crippen molar-refractivity contribution in [3.05, 3.63) is 35.4 Å². The molecule has 0 bridgehead atoms. The Hall–Kier alpha value is -1.39. The number of carbonyl (C=O) groups excluding carboxylic acids is 1. The molecule has 1 amide bonds. The van der Waals surface area contributed by atoms with Gasteiger partial charge in [0.25, 0.3) is 5.91 Å². The quantitative estimate of drug-likeness (QED) is 0.877. The summed E-state index contributed by atoms with van der Waals surface area (Å²) in [7, 11) is 0. The fraction of sp³-hybridized carbons (Fsp3) is 0.611. The first-order valence-corrected chi connectivity index (χ1v) is 8.23. The topological polar surface area (TPSA) is 52.6 Å². The molecule has 0 aliphatic carbocycles. The van der Waals surface area contributed by atoms with Gasteiger partial charge in [0.2, 0.25) is 0 Å². The van der Waals surface area contributed by atoms with Crippen molar-refractivity contribution in [2.24, 2.45) is 0 Å². The van der Waals surface area contributed by atoms with E-state index < -0.39 is 5.60 Å². The van der Waals surface area contributed by atoms with Crippen LogP contribution in [0.25, 0.3) is 0 Å². The minimum Gasteiger partial charge on any atom is -0.390 e. The molecule has 1 aromatic carbocycles. The molecule has 1 saturated heterocycles. The van der Waals surface area contributed by atoms with Gasteiger partial charge in [0, 0.05) is 31.2 Å². The molecule has 4 heteroatoms. The Morgan fingerprint density at radius 3 is 2.91 bits per heavy atom. The lowest BCUT2D eigenvalue weighted by Crippen LogP contribution is -2.52. The summed E-state index contributed by atoms with van der Waals surface area (Å²) in [5, 5.41) is 13.3. The van der Waals surface area contributed by atoms with Crippen LogP contribution in [0.15, 0.2) is 24.3 Å². The number of carbonyl (C=O) groups is 1. The minimum atomic E-state index is -0.674. The first-order valence-electron chi connectivity index (χ1n) is 8.23. The van der Waals surface area contributed by atoms with E-state index in [1.807, 2.05) is 43.0 Å². The van der Waals surface area contributed by atoms with Crippen LogP contribution in [0.5, 0.6) is 0 Å². The maximum atomic E-state index is 12.7. The lowest BCUT2D eigenvalue weighted by molar-refractivity contribution is 0.0701. The Morgan fingerprint density at radius 2 is 2.23 bits per heavy atom. The van der Waals surface area contributed by atoms with E-state index in [0.29, 0.717) is 12.5 Å². The van der Waals surface area contributed by atoms with Gasteiger partial charge in [-0.2, -0.15) is 0 Å². The molecule has 1 atom stereocenters. The molecule has 0 spiro atoms. The van der Waals surface area contributed by atoms with Crippen LogP contribution in [-0.2, 0) is 6.42 Å². The second-order valence-corrected chi connectivity index (χ2v) is 6.82. The fourth-order valence-corrected chi connectivity index (χ4v) is 2.78. The number of nitrogens with one attached hydrogen (secondary N) is 1. The van der Waals surface area contributed by atoms with Crippen LogP contribution < -0.4 is 5.32 Å². The molecule has 1 aliphatic heterocycles. The van der Waals surface area contributed by atoms with Crippen molar-refractivity contribution in [3.63, 3.8) is 0 Å². The number of benzene rings is 1. The SMILES string of the molecule is CC[C@@H]1CN(C(=O)c2cccc(CCC(C)(C)O)c2)CCN1. The van der Waals surface area contributed by atoms with Gasteiger partial charge in [0.1, 0.15) is 0 Å². The summed E-state index contributed by atoms with van der Waals surface area (Å²) < 4.78 is 0. The number of hydrogen-bond acceptors (Lipinski definition) is 3. The number of nitrogens with zero attached hydrogens (tertiary/aromatic N) is 1. The lowest BCUT2D eigenvalue weighted by atomic mass is 9.97. The lowest BCUT2D eigenvalue weighted by Gasteiger charge is -2.33. The Balaban J connectivity index is 2.03. The Morgan fingerprint density at radius 1 is 1.45 bits per heavy atom. The van der Waals surface area contributed by atoms with Gasteiger partial charge >= 0.3 is 0 Å². The largest absolute Gasteiger partial charge is 0.390 e. The zero-order valence-corrected chi connectivity index (χ0v) is 13.9. The van der Waals surface area contributed by atoms with Crippen LogP contribution in [-0.4, -0.2) is 47.2 Å². The third-order valence-electron chi connectivity index (χ3n) is 4.23. The van der Waals surface area contributed by atoms with E-state index in [9.17, 15) is 9.90 Å². The highest BCUT2D eigenvalue weighted by Crippen LogP contribution is 2.16. The summed E-state index contributed by atoms with van der Waals surface area (Å²) in [5.41, 5.74) is 1.19. The number of aryl methyl sites for hydroxylation is 1. The zero-order chi connectivity index (χ0) is 16.2. The molecule has 22 heavy (non-hydrogen) atoms. The summed E-state index contributed by atoms with van der Waals surface area (Å²) >= 11 is 0. The molecule has 122 valence electrons. The normalized spacial score (nSPS) is 19.3. The molecular formula is C18H28N2O2. The van der Waals surface area contributed by atoms with E-state index in [4.69, 9.17) is 0 Å². The highest BCUT2D eigenvalue weighted by molar-refractivity contribution is 5.94. The van der Waals surface area contributed by atoms with E-state index in [2.05, 4.69) is 12.2 Å². The second-order valence-electron chi connectivity index (χ2n) is 6.82. The van der Waals surface area contributed by atoms with E-state index in [-0.39, 0.29) is 5.91 Å². The second kappa shape index (κ2) is 7.25. The van der Waals surface area contributed by atoms with Crippen molar-refractivity contribution in [2.75, 3.05) is 19.6 Å². The van der Waals surface area contributed by atoms with Crippen molar-refractivity contribution < 1.29 is 9.90 Å². The van der Waals surface area contributed by atoms with Gasteiger partial charge in [-0.3, -0.25) is 4.79 Å². The number of piperazine rings is 1. The maximum absolute atomic E-state index is 12.7. The number of amides is 1. The van der Waals surface area contributed by atoms with E-state index in [1.54, 1.807) is 0 Å². The highest BCUT2D eigenvalue weighted by Gasteiger charge is 2.23. The standard InChI is InChI=1S/C18H28N2O2/c1-4-16-13-20(11-10-19-16)17(21)15-7-5-6-14(12-15)8-9-18(2,3)22/h5-7,12,16,19,22H,4,8-11,13H2,1-3H3/t16-/m1/s1. The van der Waals surface area contributed by atoms with Crippen LogP contribution in [0.3, 0.4) is 0 Å². The average molecular weight is 304 g/mol. The van der Waals surface area contributed by atoms with Crippen LogP contribution in [0.2, 0.25) is 0 Å². The van der Waals surface area contributed by atoms with Gasteiger partial charge < -0.3 is 15.3 Å².